The highest BCUT2D eigenvalue weighted by molar-refractivity contribution is 5.67. The van der Waals surface area contributed by atoms with Crippen LogP contribution >= 0.6 is 0 Å². The Labute approximate surface area is 172 Å². The molecular weight excluding hydrogens is 370 g/mol. The third-order valence-corrected chi connectivity index (χ3v) is 6.85. The SMILES string of the molecule is CC1=C[C@H](C)[C@]2(COC(=O)NC(C)C)CO[C@H](c3ccc4c(c3)OCO4)[C@H]1[C@H]2C. The van der Waals surface area contributed by atoms with E-state index in [1.807, 2.05) is 26.0 Å². The van der Waals surface area contributed by atoms with E-state index in [2.05, 4.69) is 38.2 Å². The zero-order valence-corrected chi connectivity index (χ0v) is 17.9. The molecule has 6 nitrogen and oxygen atoms in total. The summed E-state index contributed by atoms with van der Waals surface area (Å²) in [5.74, 6) is 2.34. The van der Waals surface area contributed by atoms with Gasteiger partial charge in [-0.25, -0.2) is 4.79 Å². The Morgan fingerprint density at radius 2 is 2.03 bits per heavy atom. The Kier molecular flexibility index (Phi) is 5.23. The molecule has 1 saturated heterocycles. The van der Waals surface area contributed by atoms with Crippen molar-refractivity contribution < 1.29 is 23.7 Å². The summed E-state index contributed by atoms with van der Waals surface area (Å²) in [6, 6.07) is 6.10. The van der Waals surface area contributed by atoms with Crippen molar-refractivity contribution in [1.82, 2.24) is 5.32 Å². The lowest BCUT2D eigenvalue weighted by molar-refractivity contribution is -0.165. The molecular formula is C23H31NO5. The monoisotopic (exact) mass is 401 g/mol. The van der Waals surface area contributed by atoms with Crippen LogP contribution in [0, 0.1) is 23.2 Å². The number of allylic oxidation sites excluding steroid dienone is 1. The van der Waals surface area contributed by atoms with Crippen molar-refractivity contribution in [2.75, 3.05) is 20.0 Å². The first kappa shape index (κ1) is 20.1. The van der Waals surface area contributed by atoms with Gasteiger partial charge in [0.15, 0.2) is 11.5 Å². The van der Waals surface area contributed by atoms with Crippen LogP contribution in [0.5, 0.6) is 11.5 Å². The van der Waals surface area contributed by atoms with E-state index >= 15 is 0 Å². The largest absolute Gasteiger partial charge is 0.454 e. The summed E-state index contributed by atoms with van der Waals surface area (Å²) in [5, 5.41) is 2.81. The lowest BCUT2D eigenvalue weighted by Gasteiger charge is -2.55. The highest BCUT2D eigenvalue weighted by Crippen LogP contribution is 2.56. The molecule has 1 aliphatic carbocycles. The normalized spacial score (nSPS) is 32.7. The average Bonchev–Trinajstić information content (AvgIpc) is 3.12. The second-order valence-electron chi connectivity index (χ2n) is 8.97. The third-order valence-electron chi connectivity index (χ3n) is 6.85. The number of rotatable bonds is 4. The summed E-state index contributed by atoms with van der Waals surface area (Å²) >= 11 is 0. The van der Waals surface area contributed by atoms with Gasteiger partial charge in [-0.05, 0) is 50.3 Å². The van der Waals surface area contributed by atoms with E-state index in [1.54, 1.807) is 0 Å². The number of carbonyl (C=O) groups excluding carboxylic acids is 1. The van der Waals surface area contributed by atoms with Gasteiger partial charge in [0.05, 0.1) is 12.7 Å². The molecule has 2 bridgehead atoms. The molecule has 0 aromatic heterocycles. The summed E-state index contributed by atoms with van der Waals surface area (Å²) in [6.45, 7) is 11.7. The number of hydrogen-bond acceptors (Lipinski definition) is 5. The zero-order valence-electron chi connectivity index (χ0n) is 17.9. The summed E-state index contributed by atoms with van der Waals surface area (Å²) in [6.07, 6.45) is 1.91. The molecule has 1 aromatic carbocycles. The maximum absolute atomic E-state index is 12.1. The van der Waals surface area contributed by atoms with Gasteiger partial charge >= 0.3 is 6.09 Å². The fraction of sp³-hybridized carbons (Fsp3) is 0.609. The van der Waals surface area contributed by atoms with Crippen molar-refractivity contribution in [1.29, 1.82) is 0 Å². The molecule has 0 radical (unpaired) electrons. The maximum Gasteiger partial charge on any atom is 0.407 e. The standard InChI is InChI=1S/C23H31NO5/c1-13(2)24-22(25)27-11-23-10-26-21(20(16(23)5)14(3)8-15(23)4)17-6-7-18-19(9-17)29-12-28-18/h6-9,13,15-16,20-21H,10-12H2,1-5H3,(H,24,25)/t15-,16+,20+,21+,23+/m0/s1. The van der Waals surface area contributed by atoms with Crippen LogP contribution in [0.1, 0.15) is 46.3 Å². The number of alkyl carbamates (subject to hydrolysis) is 1. The predicted octanol–water partition coefficient (Wildman–Crippen LogP) is 4.46. The average molecular weight is 402 g/mol. The smallest absolute Gasteiger partial charge is 0.407 e. The van der Waals surface area contributed by atoms with Crippen LogP contribution in [0.2, 0.25) is 0 Å². The predicted molar refractivity (Wildman–Crippen MR) is 109 cm³/mol. The minimum absolute atomic E-state index is 0.0501. The Hall–Kier alpha value is -2.21. The second-order valence-corrected chi connectivity index (χ2v) is 8.97. The van der Waals surface area contributed by atoms with Crippen molar-refractivity contribution in [3.63, 3.8) is 0 Å². The molecule has 1 N–H and O–H groups in total. The summed E-state index contributed by atoms with van der Waals surface area (Å²) in [5.41, 5.74) is 2.20. The summed E-state index contributed by atoms with van der Waals surface area (Å²) in [4.78, 5) is 12.1. The number of benzene rings is 1. The maximum atomic E-state index is 12.1. The number of fused-ring (bicyclic) bond motifs is 3. The molecule has 29 heavy (non-hydrogen) atoms. The molecule has 0 unspecified atom stereocenters. The fourth-order valence-electron chi connectivity index (χ4n) is 5.13. The first-order valence-electron chi connectivity index (χ1n) is 10.4. The summed E-state index contributed by atoms with van der Waals surface area (Å²) < 4.78 is 23.1. The Bertz CT molecular complexity index is 819. The topological polar surface area (TPSA) is 66.0 Å². The van der Waals surface area contributed by atoms with E-state index < -0.39 is 0 Å². The number of amides is 1. The van der Waals surface area contributed by atoms with Crippen LogP contribution in [-0.4, -0.2) is 32.1 Å². The van der Waals surface area contributed by atoms with Crippen molar-refractivity contribution in [2.45, 2.75) is 46.8 Å². The van der Waals surface area contributed by atoms with Gasteiger partial charge in [-0.1, -0.05) is 31.6 Å². The lowest BCUT2D eigenvalue weighted by atomic mass is 9.56. The molecule has 2 aliphatic heterocycles. The van der Waals surface area contributed by atoms with Gasteiger partial charge < -0.3 is 24.3 Å². The highest BCUT2D eigenvalue weighted by atomic mass is 16.7. The molecule has 0 saturated carbocycles. The van der Waals surface area contributed by atoms with Crippen LogP contribution in [0.3, 0.4) is 0 Å². The lowest BCUT2D eigenvalue weighted by Crippen LogP contribution is -2.55. The fourth-order valence-corrected chi connectivity index (χ4v) is 5.13. The van der Waals surface area contributed by atoms with E-state index in [0.29, 0.717) is 19.1 Å². The van der Waals surface area contributed by atoms with Gasteiger partial charge in [0.25, 0.3) is 0 Å². The van der Waals surface area contributed by atoms with Crippen LogP contribution in [-0.2, 0) is 9.47 Å². The van der Waals surface area contributed by atoms with E-state index in [-0.39, 0.29) is 42.3 Å². The van der Waals surface area contributed by atoms with E-state index in [0.717, 1.165) is 17.1 Å². The first-order valence-corrected chi connectivity index (χ1v) is 10.4. The Balaban J connectivity index is 1.58. The van der Waals surface area contributed by atoms with Crippen LogP contribution in [0.15, 0.2) is 29.8 Å². The van der Waals surface area contributed by atoms with Crippen LogP contribution in [0.4, 0.5) is 4.79 Å². The molecule has 6 heteroatoms. The number of ether oxygens (including phenoxy) is 4. The molecule has 158 valence electrons. The number of nitrogens with one attached hydrogen (secondary N) is 1. The molecule has 1 aromatic rings. The molecule has 3 aliphatic rings. The van der Waals surface area contributed by atoms with E-state index in [1.165, 1.54) is 5.57 Å². The molecule has 5 atom stereocenters. The second kappa shape index (κ2) is 7.56. The Morgan fingerprint density at radius 1 is 1.28 bits per heavy atom. The highest BCUT2D eigenvalue weighted by Gasteiger charge is 2.54. The number of carbonyl (C=O) groups is 1. The van der Waals surface area contributed by atoms with E-state index in [9.17, 15) is 4.79 Å². The van der Waals surface area contributed by atoms with Crippen molar-refractivity contribution in [2.24, 2.45) is 23.2 Å². The quantitative estimate of drug-likeness (QED) is 0.755. The van der Waals surface area contributed by atoms with E-state index in [4.69, 9.17) is 18.9 Å². The molecule has 2 heterocycles. The van der Waals surface area contributed by atoms with Crippen molar-refractivity contribution >= 4 is 6.09 Å². The van der Waals surface area contributed by atoms with Gasteiger partial charge in [-0.15, -0.1) is 0 Å². The van der Waals surface area contributed by atoms with Gasteiger partial charge in [-0.2, -0.15) is 0 Å². The minimum atomic E-state index is -0.366. The minimum Gasteiger partial charge on any atom is -0.454 e. The van der Waals surface area contributed by atoms with Gasteiger partial charge in [-0.3, -0.25) is 0 Å². The summed E-state index contributed by atoms with van der Waals surface area (Å²) in [7, 11) is 0. The molecule has 4 rings (SSSR count). The first-order chi connectivity index (χ1) is 13.8. The van der Waals surface area contributed by atoms with Gasteiger partial charge in [0.1, 0.15) is 6.61 Å². The zero-order chi connectivity index (χ0) is 20.8. The van der Waals surface area contributed by atoms with Crippen molar-refractivity contribution in [3.8, 4) is 11.5 Å². The van der Waals surface area contributed by atoms with Gasteiger partial charge in [0.2, 0.25) is 6.79 Å². The molecule has 1 amide bonds. The molecule has 0 spiro atoms. The van der Waals surface area contributed by atoms with Crippen LogP contribution in [0.25, 0.3) is 0 Å². The third kappa shape index (κ3) is 3.48. The Morgan fingerprint density at radius 3 is 2.79 bits per heavy atom. The molecule has 1 fully saturated rings. The van der Waals surface area contributed by atoms with Gasteiger partial charge in [0, 0.05) is 17.4 Å². The van der Waals surface area contributed by atoms with Crippen molar-refractivity contribution in [3.05, 3.63) is 35.4 Å². The number of hydrogen-bond donors (Lipinski definition) is 1. The van der Waals surface area contributed by atoms with Crippen LogP contribution < -0.4 is 14.8 Å².